The molecule has 15 heavy (non-hydrogen) atoms. The van der Waals surface area contributed by atoms with Gasteiger partial charge in [0.05, 0.1) is 6.20 Å². The number of rotatable bonds is 6. The van der Waals surface area contributed by atoms with Gasteiger partial charge in [-0.05, 0) is 23.8 Å². The molecule has 1 unspecified atom stereocenters. The van der Waals surface area contributed by atoms with Crippen molar-refractivity contribution >= 4 is 0 Å². The first-order chi connectivity index (χ1) is 7.17. The highest BCUT2D eigenvalue weighted by atomic mass is 15.3. The zero-order valence-corrected chi connectivity index (χ0v) is 10.5. The third-order valence-electron chi connectivity index (χ3n) is 3.04. The molecular formula is C13H24N2. The van der Waals surface area contributed by atoms with Crippen LogP contribution < -0.4 is 0 Å². The Labute approximate surface area is 93.7 Å². The number of hydrogen-bond acceptors (Lipinski definition) is 1. The summed E-state index contributed by atoms with van der Waals surface area (Å²) in [4.78, 5) is 0. The van der Waals surface area contributed by atoms with Gasteiger partial charge in [-0.15, -0.1) is 0 Å². The predicted octanol–water partition coefficient (Wildman–Crippen LogP) is 3.83. The number of hydrogen-bond donors (Lipinski definition) is 0. The minimum Gasteiger partial charge on any atom is -0.272 e. The maximum Gasteiger partial charge on any atom is 0.0524 e. The normalized spacial score (nSPS) is 13.4. The second kappa shape index (κ2) is 5.94. The van der Waals surface area contributed by atoms with Crippen molar-refractivity contribution in [3.8, 4) is 0 Å². The van der Waals surface area contributed by atoms with Crippen molar-refractivity contribution in [2.75, 3.05) is 0 Å². The van der Waals surface area contributed by atoms with Crippen LogP contribution in [0, 0.1) is 5.92 Å². The molecule has 2 nitrogen and oxygen atoms in total. The monoisotopic (exact) mass is 208 g/mol. The van der Waals surface area contributed by atoms with Gasteiger partial charge in [0.25, 0.3) is 0 Å². The second-order valence-electron chi connectivity index (χ2n) is 4.71. The van der Waals surface area contributed by atoms with Crippen LogP contribution in [0.2, 0.25) is 0 Å². The Morgan fingerprint density at radius 3 is 2.53 bits per heavy atom. The summed E-state index contributed by atoms with van der Waals surface area (Å²) in [5, 5.41) is 4.42. The fourth-order valence-corrected chi connectivity index (χ4v) is 1.87. The van der Waals surface area contributed by atoms with Gasteiger partial charge in [0, 0.05) is 12.7 Å². The highest BCUT2D eigenvalue weighted by molar-refractivity contribution is 5.08. The van der Waals surface area contributed by atoms with Crippen molar-refractivity contribution < 1.29 is 0 Å². The third-order valence-corrected chi connectivity index (χ3v) is 3.04. The van der Waals surface area contributed by atoms with E-state index in [0.29, 0.717) is 5.92 Å². The summed E-state index contributed by atoms with van der Waals surface area (Å²) >= 11 is 0. The van der Waals surface area contributed by atoms with Gasteiger partial charge < -0.3 is 0 Å². The van der Waals surface area contributed by atoms with Crippen molar-refractivity contribution in [1.29, 1.82) is 0 Å². The molecule has 0 aliphatic heterocycles. The maximum atomic E-state index is 4.42. The Balaban J connectivity index is 2.55. The molecule has 0 amide bonds. The summed E-state index contributed by atoms with van der Waals surface area (Å²) in [6.07, 6.45) is 8.04. The van der Waals surface area contributed by atoms with Crippen molar-refractivity contribution in [3.05, 3.63) is 18.0 Å². The van der Waals surface area contributed by atoms with E-state index in [1.54, 1.807) is 0 Å². The van der Waals surface area contributed by atoms with Gasteiger partial charge in [-0.2, -0.15) is 5.10 Å². The Bertz CT molecular complexity index is 276. The first-order valence-electron chi connectivity index (χ1n) is 6.19. The van der Waals surface area contributed by atoms with Crippen molar-refractivity contribution in [2.24, 2.45) is 5.92 Å². The van der Waals surface area contributed by atoms with E-state index in [2.05, 4.69) is 43.7 Å². The lowest BCUT2D eigenvalue weighted by Crippen LogP contribution is -2.10. The molecule has 2 heteroatoms. The smallest absolute Gasteiger partial charge is 0.0524 e. The van der Waals surface area contributed by atoms with Crippen LogP contribution in [0.3, 0.4) is 0 Å². The van der Waals surface area contributed by atoms with Gasteiger partial charge >= 0.3 is 0 Å². The molecule has 1 aromatic heterocycles. The zero-order valence-electron chi connectivity index (χ0n) is 10.5. The topological polar surface area (TPSA) is 17.8 Å². The summed E-state index contributed by atoms with van der Waals surface area (Å²) in [6, 6.07) is 0. The summed E-state index contributed by atoms with van der Waals surface area (Å²) in [5.41, 5.74) is 1.35. The summed E-state index contributed by atoms with van der Waals surface area (Å²) < 4.78 is 2.11. The van der Waals surface area contributed by atoms with Crippen LogP contribution >= 0.6 is 0 Å². The van der Waals surface area contributed by atoms with Crippen LogP contribution in [-0.2, 0) is 6.54 Å². The fourth-order valence-electron chi connectivity index (χ4n) is 1.87. The number of aromatic nitrogens is 2. The van der Waals surface area contributed by atoms with Crippen molar-refractivity contribution in [3.63, 3.8) is 0 Å². The van der Waals surface area contributed by atoms with Crippen molar-refractivity contribution in [1.82, 2.24) is 9.78 Å². The molecule has 0 radical (unpaired) electrons. The van der Waals surface area contributed by atoms with E-state index in [0.717, 1.165) is 12.5 Å². The maximum absolute atomic E-state index is 4.42. The molecule has 0 spiro atoms. The van der Waals surface area contributed by atoms with Gasteiger partial charge in [0.2, 0.25) is 0 Å². The largest absolute Gasteiger partial charge is 0.272 e. The average molecular weight is 208 g/mol. The Morgan fingerprint density at radius 1 is 1.33 bits per heavy atom. The van der Waals surface area contributed by atoms with E-state index in [9.17, 15) is 0 Å². The van der Waals surface area contributed by atoms with E-state index in [4.69, 9.17) is 0 Å². The Kier molecular flexibility index (Phi) is 4.86. The summed E-state index contributed by atoms with van der Waals surface area (Å²) in [7, 11) is 0. The third kappa shape index (κ3) is 3.69. The van der Waals surface area contributed by atoms with Crippen LogP contribution in [0.5, 0.6) is 0 Å². The molecule has 0 saturated heterocycles. The number of nitrogens with zero attached hydrogens (tertiary/aromatic N) is 2. The molecule has 1 aromatic rings. The van der Waals surface area contributed by atoms with Gasteiger partial charge in [0.1, 0.15) is 0 Å². The average Bonchev–Trinajstić information content (AvgIpc) is 2.65. The lowest BCUT2D eigenvalue weighted by Gasteiger charge is -2.13. The van der Waals surface area contributed by atoms with Crippen molar-refractivity contribution in [2.45, 2.75) is 59.4 Å². The quantitative estimate of drug-likeness (QED) is 0.694. The molecule has 0 bridgehead atoms. The molecular weight excluding hydrogens is 184 g/mol. The highest BCUT2D eigenvalue weighted by Gasteiger charge is 2.08. The highest BCUT2D eigenvalue weighted by Crippen LogP contribution is 2.16. The SMILES string of the molecule is CCCC(CC)Cn1cc(C(C)C)cn1. The van der Waals surface area contributed by atoms with E-state index in [1.165, 1.54) is 24.8 Å². The second-order valence-corrected chi connectivity index (χ2v) is 4.71. The first kappa shape index (κ1) is 12.3. The molecule has 0 fully saturated rings. The minimum absolute atomic E-state index is 0.588. The van der Waals surface area contributed by atoms with Crippen LogP contribution in [0.15, 0.2) is 12.4 Å². The summed E-state index contributed by atoms with van der Waals surface area (Å²) in [5.74, 6) is 1.37. The lowest BCUT2D eigenvalue weighted by molar-refractivity contribution is 0.379. The minimum atomic E-state index is 0.588. The van der Waals surface area contributed by atoms with E-state index >= 15 is 0 Å². The van der Waals surface area contributed by atoms with Gasteiger partial charge in [-0.25, -0.2) is 0 Å². The standard InChI is InChI=1S/C13H24N2/c1-5-7-12(6-2)9-15-10-13(8-14-15)11(3)4/h8,10-12H,5-7,9H2,1-4H3. The van der Waals surface area contributed by atoms with Crippen LogP contribution in [-0.4, -0.2) is 9.78 Å². The van der Waals surface area contributed by atoms with Gasteiger partial charge in [-0.1, -0.05) is 40.5 Å². The molecule has 1 heterocycles. The molecule has 0 saturated carbocycles. The van der Waals surface area contributed by atoms with Gasteiger partial charge in [-0.3, -0.25) is 4.68 Å². The molecule has 1 atom stereocenters. The van der Waals surface area contributed by atoms with Gasteiger partial charge in [0.15, 0.2) is 0 Å². The van der Waals surface area contributed by atoms with E-state index in [1.807, 2.05) is 6.20 Å². The van der Waals surface area contributed by atoms with Crippen LogP contribution in [0.4, 0.5) is 0 Å². The lowest BCUT2D eigenvalue weighted by atomic mass is 10.0. The van der Waals surface area contributed by atoms with Crippen LogP contribution in [0.1, 0.15) is 58.4 Å². The molecule has 0 aromatic carbocycles. The molecule has 0 aliphatic rings. The Morgan fingerprint density at radius 2 is 2.07 bits per heavy atom. The predicted molar refractivity (Wildman–Crippen MR) is 65.0 cm³/mol. The Hall–Kier alpha value is -0.790. The van der Waals surface area contributed by atoms with Crippen LogP contribution in [0.25, 0.3) is 0 Å². The molecule has 1 rings (SSSR count). The molecule has 0 N–H and O–H groups in total. The molecule has 86 valence electrons. The van der Waals surface area contributed by atoms with E-state index in [-0.39, 0.29) is 0 Å². The fraction of sp³-hybridized carbons (Fsp3) is 0.769. The first-order valence-corrected chi connectivity index (χ1v) is 6.19. The zero-order chi connectivity index (χ0) is 11.3. The van der Waals surface area contributed by atoms with E-state index < -0.39 is 0 Å². The molecule has 0 aliphatic carbocycles. The summed E-state index contributed by atoms with van der Waals surface area (Å²) in [6.45, 7) is 10.0.